The highest BCUT2D eigenvalue weighted by Crippen LogP contribution is 2.36. The summed E-state index contributed by atoms with van der Waals surface area (Å²) in [4.78, 5) is 13.5. The minimum absolute atomic E-state index is 0.175. The van der Waals surface area contributed by atoms with Gasteiger partial charge in [0.2, 0.25) is 0 Å². The van der Waals surface area contributed by atoms with Crippen molar-refractivity contribution in [1.29, 1.82) is 0 Å². The number of hydrogen-bond donors (Lipinski definition) is 0. The first kappa shape index (κ1) is 16.3. The molecule has 0 amide bonds. The molecule has 1 aliphatic carbocycles. The van der Waals surface area contributed by atoms with E-state index in [2.05, 4.69) is 84.9 Å². The second-order valence-corrected chi connectivity index (χ2v) is 7.76. The van der Waals surface area contributed by atoms with Crippen LogP contribution in [0.3, 0.4) is 0 Å². The smallest absolute Gasteiger partial charge is 0.174 e. The molecular weight excluding hydrogens is 352 g/mol. The van der Waals surface area contributed by atoms with Gasteiger partial charge in [-0.25, -0.2) is 0 Å². The Bertz CT molecular complexity index is 1470. The number of rotatable bonds is 1. The first-order chi connectivity index (χ1) is 14.3. The van der Waals surface area contributed by atoms with Gasteiger partial charge in [0.05, 0.1) is 5.92 Å². The molecule has 1 unspecified atom stereocenters. The standard InChI is InChI=1S/C28H18O/c29-28-25(13-12-23-15-19-7-2-4-9-21(19)17-27(23)28)24-11-5-10-22-14-18-6-1-3-8-20(18)16-26(22)24/h1-17,25H. The summed E-state index contributed by atoms with van der Waals surface area (Å²) in [5.74, 6) is -0.0811. The van der Waals surface area contributed by atoms with Gasteiger partial charge in [-0.3, -0.25) is 4.79 Å². The van der Waals surface area contributed by atoms with E-state index in [0.29, 0.717) is 0 Å². The summed E-state index contributed by atoms with van der Waals surface area (Å²) >= 11 is 0. The molecule has 0 spiro atoms. The Hall–Kier alpha value is -3.71. The number of carbonyl (C=O) groups excluding carboxylic acids is 1. The number of ketones is 1. The van der Waals surface area contributed by atoms with E-state index in [1.165, 1.54) is 21.5 Å². The third-order valence-corrected chi connectivity index (χ3v) is 6.05. The molecule has 0 N–H and O–H groups in total. The molecule has 0 saturated carbocycles. The van der Waals surface area contributed by atoms with Crippen LogP contribution in [0.5, 0.6) is 0 Å². The second-order valence-electron chi connectivity index (χ2n) is 7.76. The van der Waals surface area contributed by atoms with Gasteiger partial charge < -0.3 is 0 Å². The zero-order valence-electron chi connectivity index (χ0n) is 15.8. The highest BCUT2D eigenvalue weighted by atomic mass is 16.1. The number of carbonyl (C=O) groups is 1. The van der Waals surface area contributed by atoms with E-state index in [1.54, 1.807) is 0 Å². The van der Waals surface area contributed by atoms with Crippen molar-refractivity contribution in [3.63, 3.8) is 0 Å². The molecule has 0 bridgehead atoms. The fraction of sp³-hybridized carbons (Fsp3) is 0.0357. The lowest BCUT2D eigenvalue weighted by atomic mass is 9.81. The molecule has 1 aliphatic rings. The quantitative estimate of drug-likeness (QED) is 0.287. The van der Waals surface area contributed by atoms with Crippen molar-refractivity contribution in [2.75, 3.05) is 0 Å². The Morgan fingerprint density at radius 1 is 0.586 bits per heavy atom. The predicted octanol–water partition coefficient (Wildman–Crippen LogP) is 7.14. The molecule has 29 heavy (non-hydrogen) atoms. The van der Waals surface area contributed by atoms with Gasteiger partial charge in [-0.1, -0.05) is 78.9 Å². The number of hydrogen-bond acceptors (Lipinski definition) is 1. The van der Waals surface area contributed by atoms with E-state index in [4.69, 9.17) is 0 Å². The molecule has 5 aromatic carbocycles. The van der Waals surface area contributed by atoms with E-state index in [9.17, 15) is 4.79 Å². The Kier molecular flexibility index (Phi) is 3.45. The van der Waals surface area contributed by atoms with Crippen molar-refractivity contribution < 1.29 is 4.79 Å². The van der Waals surface area contributed by atoms with Gasteiger partial charge in [0.15, 0.2) is 5.78 Å². The maximum Gasteiger partial charge on any atom is 0.174 e. The summed E-state index contributed by atoms with van der Waals surface area (Å²) < 4.78 is 0. The molecule has 0 saturated heterocycles. The molecule has 0 fully saturated rings. The predicted molar refractivity (Wildman–Crippen MR) is 122 cm³/mol. The van der Waals surface area contributed by atoms with Crippen molar-refractivity contribution in [1.82, 2.24) is 0 Å². The Labute approximate surface area is 168 Å². The zero-order chi connectivity index (χ0) is 19.4. The van der Waals surface area contributed by atoms with Gasteiger partial charge in [-0.15, -0.1) is 0 Å². The van der Waals surface area contributed by atoms with E-state index in [0.717, 1.165) is 27.5 Å². The highest BCUT2D eigenvalue weighted by Gasteiger charge is 2.26. The lowest BCUT2D eigenvalue weighted by molar-refractivity contribution is 0.0975. The third kappa shape index (κ3) is 2.51. The molecule has 0 heterocycles. The topological polar surface area (TPSA) is 17.1 Å². The molecule has 5 aromatic rings. The minimum atomic E-state index is -0.256. The maximum absolute atomic E-state index is 13.5. The van der Waals surface area contributed by atoms with E-state index in [1.807, 2.05) is 18.2 Å². The van der Waals surface area contributed by atoms with E-state index in [-0.39, 0.29) is 11.7 Å². The molecule has 1 atom stereocenters. The summed E-state index contributed by atoms with van der Waals surface area (Å²) in [5.41, 5.74) is 2.90. The van der Waals surface area contributed by atoms with Crippen molar-refractivity contribution in [2.45, 2.75) is 5.92 Å². The lowest BCUT2D eigenvalue weighted by Crippen LogP contribution is -2.15. The average molecular weight is 370 g/mol. The number of Topliss-reactive ketones (excluding diaryl/α,β-unsaturated/α-hetero) is 1. The lowest BCUT2D eigenvalue weighted by Gasteiger charge is -2.21. The van der Waals surface area contributed by atoms with Crippen LogP contribution in [0.25, 0.3) is 38.4 Å². The summed E-state index contributed by atoms with van der Waals surface area (Å²) in [6, 6.07) is 31.5. The molecule has 1 heteroatoms. The fourth-order valence-corrected chi connectivity index (χ4v) is 4.57. The third-order valence-electron chi connectivity index (χ3n) is 6.05. The van der Waals surface area contributed by atoms with Crippen LogP contribution in [0, 0.1) is 0 Å². The van der Waals surface area contributed by atoms with Crippen molar-refractivity contribution in [2.24, 2.45) is 0 Å². The second kappa shape index (κ2) is 6.15. The highest BCUT2D eigenvalue weighted by molar-refractivity contribution is 6.12. The zero-order valence-corrected chi connectivity index (χ0v) is 15.8. The average Bonchev–Trinajstić information content (AvgIpc) is 2.77. The van der Waals surface area contributed by atoms with Crippen LogP contribution >= 0.6 is 0 Å². The molecule has 6 rings (SSSR count). The summed E-state index contributed by atoms with van der Waals surface area (Å²) in [6.07, 6.45) is 4.16. The van der Waals surface area contributed by atoms with Crippen LogP contribution in [0.4, 0.5) is 0 Å². The van der Waals surface area contributed by atoms with Crippen molar-refractivity contribution in [3.8, 4) is 0 Å². The molecule has 0 aliphatic heterocycles. The number of benzene rings is 5. The molecule has 136 valence electrons. The number of allylic oxidation sites excluding steroid dienone is 1. The van der Waals surface area contributed by atoms with Gasteiger partial charge in [0, 0.05) is 5.56 Å². The van der Waals surface area contributed by atoms with Crippen LogP contribution in [0.15, 0.2) is 97.1 Å². The Morgan fingerprint density at radius 3 is 1.97 bits per heavy atom. The van der Waals surface area contributed by atoms with Crippen molar-refractivity contribution in [3.05, 3.63) is 114 Å². The van der Waals surface area contributed by atoms with E-state index < -0.39 is 0 Å². The summed E-state index contributed by atoms with van der Waals surface area (Å²) in [7, 11) is 0. The summed E-state index contributed by atoms with van der Waals surface area (Å²) in [5, 5.41) is 7.02. The van der Waals surface area contributed by atoms with Crippen LogP contribution in [0.1, 0.15) is 27.4 Å². The van der Waals surface area contributed by atoms with Gasteiger partial charge in [-0.05, 0) is 67.7 Å². The molecule has 1 nitrogen and oxygen atoms in total. The van der Waals surface area contributed by atoms with Gasteiger partial charge in [0.1, 0.15) is 0 Å². The van der Waals surface area contributed by atoms with Gasteiger partial charge >= 0.3 is 0 Å². The maximum atomic E-state index is 13.5. The van der Waals surface area contributed by atoms with E-state index >= 15 is 0 Å². The fourth-order valence-electron chi connectivity index (χ4n) is 4.57. The monoisotopic (exact) mass is 370 g/mol. The van der Waals surface area contributed by atoms with Crippen LogP contribution in [-0.4, -0.2) is 5.78 Å². The SMILES string of the molecule is O=C1c2cc3ccccc3cc2C=CC1c1cccc2cc3ccccc3cc12. The largest absolute Gasteiger partial charge is 0.293 e. The molecule has 0 radical (unpaired) electrons. The first-order valence-electron chi connectivity index (χ1n) is 9.94. The van der Waals surface area contributed by atoms with Crippen LogP contribution < -0.4 is 0 Å². The minimum Gasteiger partial charge on any atom is -0.293 e. The normalized spacial score (nSPS) is 15.9. The Balaban J connectivity index is 1.55. The van der Waals surface area contributed by atoms with Crippen molar-refractivity contribution >= 4 is 44.2 Å². The molecular formula is C28H18O. The van der Waals surface area contributed by atoms with Crippen LogP contribution in [0.2, 0.25) is 0 Å². The Morgan fingerprint density at radius 2 is 1.21 bits per heavy atom. The van der Waals surface area contributed by atoms with Gasteiger partial charge in [0.25, 0.3) is 0 Å². The number of fused-ring (bicyclic) bond motifs is 4. The molecule has 0 aromatic heterocycles. The first-order valence-corrected chi connectivity index (χ1v) is 9.94. The summed E-state index contributed by atoms with van der Waals surface area (Å²) in [6.45, 7) is 0. The van der Waals surface area contributed by atoms with Gasteiger partial charge in [-0.2, -0.15) is 0 Å². The van der Waals surface area contributed by atoms with Crippen LogP contribution in [-0.2, 0) is 0 Å².